The van der Waals surface area contributed by atoms with E-state index in [1.807, 2.05) is 13.0 Å². The number of hydrogen-bond acceptors (Lipinski definition) is 1. The predicted molar refractivity (Wildman–Crippen MR) is 164 cm³/mol. The van der Waals surface area contributed by atoms with Crippen LogP contribution in [0.25, 0.3) is 22.3 Å². The van der Waals surface area contributed by atoms with Crippen LogP contribution in [0.1, 0.15) is 102 Å². The number of unbranched alkanes of at least 4 members (excludes halogenated alkanes) is 6. The molecule has 0 saturated carbocycles. The first-order chi connectivity index (χ1) is 20.0. The van der Waals surface area contributed by atoms with E-state index >= 15 is 8.78 Å². The van der Waals surface area contributed by atoms with Crippen LogP contribution < -0.4 is 0 Å². The topological polar surface area (TPSA) is 9.23 Å². The molecular formula is C37H45F3O. The number of benzene rings is 3. The highest BCUT2D eigenvalue weighted by Gasteiger charge is 2.23. The van der Waals surface area contributed by atoms with Crippen LogP contribution in [0.2, 0.25) is 0 Å². The van der Waals surface area contributed by atoms with Crippen molar-refractivity contribution in [2.75, 3.05) is 6.61 Å². The van der Waals surface area contributed by atoms with Gasteiger partial charge in [-0.3, -0.25) is 0 Å². The minimum atomic E-state index is -0.815. The molecule has 41 heavy (non-hydrogen) atoms. The van der Waals surface area contributed by atoms with Gasteiger partial charge in [0.05, 0.1) is 12.7 Å². The van der Waals surface area contributed by atoms with Crippen LogP contribution in [0.4, 0.5) is 13.2 Å². The molecule has 3 aromatic carbocycles. The van der Waals surface area contributed by atoms with Crippen LogP contribution >= 0.6 is 0 Å². The molecule has 0 aromatic heterocycles. The lowest BCUT2D eigenvalue weighted by atomic mass is 9.90. The lowest BCUT2D eigenvalue weighted by Crippen LogP contribution is -2.20. The summed E-state index contributed by atoms with van der Waals surface area (Å²) in [5.41, 5.74) is 3.28. The summed E-state index contributed by atoms with van der Waals surface area (Å²) in [6.07, 6.45) is 16.9. The van der Waals surface area contributed by atoms with Crippen molar-refractivity contribution in [2.45, 2.75) is 97.0 Å². The Morgan fingerprint density at radius 3 is 2.12 bits per heavy atom. The largest absolute Gasteiger partial charge is 0.373 e. The van der Waals surface area contributed by atoms with Gasteiger partial charge in [0.25, 0.3) is 0 Å². The SMILES string of the molecule is CC=CCCC1CCC(c2ccc(-c3ccc(-c4ccc(CCCCCCCCC)c(F)c4F)cc3)c(F)c2)OC1. The van der Waals surface area contributed by atoms with Crippen LogP contribution in [0.3, 0.4) is 0 Å². The van der Waals surface area contributed by atoms with E-state index < -0.39 is 11.6 Å². The van der Waals surface area contributed by atoms with E-state index in [0.29, 0.717) is 41.2 Å². The quantitative estimate of drug-likeness (QED) is 0.140. The van der Waals surface area contributed by atoms with Crippen molar-refractivity contribution in [3.8, 4) is 22.3 Å². The summed E-state index contributed by atoms with van der Waals surface area (Å²) in [4.78, 5) is 0. The molecule has 2 atom stereocenters. The van der Waals surface area contributed by atoms with Gasteiger partial charge in [-0.2, -0.15) is 0 Å². The number of ether oxygens (including phenoxy) is 1. The molecule has 0 bridgehead atoms. The fourth-order valence-corrected chi connectivity index (χ4v) is 5.87. The van der Waals surface area contributed by atoms with E-state index in [0.717, 1.165) is 50.5 Å². The van der Waals surface area contributed by atoms with Gasteiger partial charge < -0.3 is 4.74 Å². The van der Waals surface area contributed by atoms with Gasteiger partial charge in [-0.1, -0.05) is 106 Å². The van der Waals surface area contributed by atoms with Gasteiger partial charge in [0.15, 0.2) is 11.6 Å². The van der Waals surface area contributed by atoms with Crippen molar-refractivity contribution in [3.05, 3.63) is 95.3 Å². The van der Waals surface area contributed by atoms with Gasteiger partial charge in [-0.25, -0.2) is 13.2 Å². The molecule has 2 unspecified atom stereocenters. The van der Waals surface area contributed by atoms with Crippen LogP contribution in [0.5, 0.6) is 0 Å². The molecule has 1 saturated heterocycles. The Kier molecular flexibility index (Phi) is 12.1. The Bertz CT molecular complexity index is 1260. The van der Waals surface area contributed by atoms with Crippen molar-refractivity contribution in [1.82, 2.24) is 0 Å². The minimum absolute atomic E-state index is 0.0782. The van der Waals surface area contributed by atoms with Gasteiger partial charge in [0, 0.05) is 11.1 Å². The standard InChI is InChI=1S/C37H45F3O/c1-3-5-7-8-9-10-12-14-30-20-23-33(37(40)36(30)39)29-18-16-28(17-19-29)32-22-21-31(25-34(32)38)35-24-15-27(26-41-35)13-11-6-4-2/h4,6,16-23,25,27,35H,3,5,7-15,24,26H2,1-2H3. The molecular weight excluding hydrogens is 517 g/mol. The maximum Gasteiger partial charge on any atom is 0.166 e. The first-order valence-corrected chi connectivity index (χ1v) is 15.6. The summed E-state index contributed by atoms with van der Waals surface area (Å²) >= 11 is 0. The molecule has 1 aliphatic rings. The summed E-state index contributed by atoms with van der Waals surface area (Å²) in [6.45, 7) is 4.95. The highest BCUT2D eigenvalue weighted by Crippen LogP contribution is 2.35. The Hall–Kier alpha value is -2.85. The Labute approximate surface area is 244 Å². The summed E-state index contributed by atoms with van der Waals surface area (Å²) in [7, 11) is 0. The van der Waals surface area contributed by atoms with E-state index in [4.69, 9.17) is 4.74 Å². The third kappa shape index (κ3) is 8.58. The van der Waals surface area contributed by atoms with Gasteiger partial charge in [-0.15, -0.1) is 0 Å². The summed E-state index contributed by atoms with van der Waals surface area (Å²) in [5, 5.41) is 0. The first kappa shape index (κ1) is 31.1. The van der Waals surface area contributed by atoms with Gasteiger partial charge in [0.1, 0.15) is 5.82 Å². The summed E-state index contributed by atoms with van der Waals surface area (Å²) in [6, 6.07) is 15.7. The zero-order valence-corrected chi connectivity index (χ0v) is 24.7. The van der Waals surface area contributed by atoms with Crippen molar-refractivity contribution in [3.63, 3.8) is 0 Å². The lowest BCUT2D eigenvalue weighted by Gasteiger charge is -2.29. The van der Waals surface area contributed by atoms with Crippen LogP contribution in [0.15, 0.2) is 66.7 Å². The molecule has 1 heterocycles. The zero-order valence-electron chi connectivity index (χ0n) is 24.7. The lowest BCUT2D eigenvalue weighted by molar-refractivity contribution is -0.0191. The number of hydrogen-bond donors (Lipinski definition) is 0. The molecule has 1 fully saturated rings. The van der Waals surface area contributed by atoms with E-state index in [1.54, 1.807) is 48.5 Å². The monoisotopic (exact) mass is 562 g/mol. The first-order valence-electron chi connectivity index (χ1n) is 15.6. The maximum absolute atomic E-state index is 15.2. The van der Waals surface area contributed by atoms with Crippen molar-refractivity contribution in [2.24, 2.45) is 5.92 Å². The number of rotatable bonds is 14. The number of aryl methyl sites for hydroxylation is 1. The van der Waals surface area contributed by atoms with Gasteiger partial charge in [-0.05, 0) is 79.7 Å². The predicted octanol–water partition coefficient (Wildman–Crippen LogP) is 11.6. The average Bonchev–Trinajstić information content (AvgIpc) is 2.99. The average molecular weight is 563 g/mol. The molecule has 4 rings (SSSR count). The normalized spacial score (nSPS) is 17.4. The van der Waals surface area contributed by atoms with Crippen LogP contribution in [0, 0.1) is 23.4 Å². The van der Waals surface area contributed by atoms with Crippen molar-refractivity contribution >= 4 is 0 Å². The van der Waals surface area contributed by atoms with Crippen molar-refractivity contribution < 1.29 is 17.9 Å². The smallest absolute Gasteiger partial charge is 0.166 e. The molecule has 1 aliphatic heterocycles. The second-order valence-corrected chi connectivity index (χ2v) is 11.5. The minimum Gasteiger partial charge on any atom is -0.373 e. The third-order valence-electron chi connectivity index (χ3n) is 8.43. The van der Waals surface area contributed by atoms with Crippen LogP contribution in [-0.2, 0) is 11.2 Å². The number of allylic oxidation sites excluding steroid dienone is 2. The van der Waals surface area contributed by atoms with E-state index in [1.165, 1.54) is 25.7 Å². The molecule has 0 aliphatic carbocycles. The second-order valence-electron chi connectivity index (χ2n) is 11.5. The Morgan fingerprint density at radius 2 is 1.46 bits per heavy atom. The maximum atomic E-state index is 15.2. The summed E-state index contributed by atoms with van der Waals surface area (Å²) in [5.74, 6) is -1.32. The highest BCUT2D eigenvalue weighted by atomic mass is 19.2. The summed E-state index contributed by atoms with van der Waals surface area (Å²) < 4.78 is 51.2. The fourth-order valence-electron chi connectivity index (χ4n) is 5.87. The Morgan fingerprint density at radius 1 is 0.780 bits per heavy atom. The molecule has 3 aromatic rings. The molecule has 1 nitrogen and oxygen atoms in total. The van der Waals surface area contributed by atoms with E-state index in [2.05, 4.69) is 19.1 Å². The van der Waals surface area contributed by atoms with Gasteiger partial charge >= 0.3 is 0 Å². The van der Waals surface area contributed by atoms with E-state index in [9.17, 15) is 4.39 Å². The van der Waals surface area contributed by atoms with Crippen molar-refractivity contribution in [1.29, 1.82) is 0 Å². The molecule has 220 valence electrons. The third-order valence-corrected chi connectivity index (χ3v) is 8.43. The Balaban J connectivity index is 1.35. The molecule has 0 radical (unpaired) electrons. The number of halogens is 3. The fraction of sp³-hybridized carbons (Fsp3) is 0.459. The molecule has 0 N–H and O–H groups in total. The molecule has 0 amide bonds. The van der Waals surface area contributed by atoms with Gasteiger partial charge in [0.2, 0.25) is 0 Å². The second kappa shape index (κ2) is 16.0. The van der Waals surface area contributed by atoms with Crippen LogP contribution in [-0.4, -0.2) is 6.61 Å². The zero-order chi connectivity index (χ0) is 29.0. The molecule has 0 spiro atoms. The van der Waals surface area contributed by atoms with E-state index in [-0.39, 0.29) is 17.5 Å². The highest BCUT2D eigenvalue weighted by molar-refractivity contribution is 5.71. The molecule has 4 heteroatoms.